The van der Waals surface area contributed by atoms with Crippen LogP contribution in [0.3, 0.4) is 0 Å². The summed E-state index contributed by atoms with van der Waals surface area (Å²) in [5, 5.41) is 14.0. The van der Waals surface area contributed by atoms with Crippen molar-refractivity contribution in [3.8, 4) is 11.5 Å². The van der Waals surface area contributed by atoms with E-state index in [2.05, 4.69) is 11.9 Å². The van der Waals surface area contributed by atoms with E-state index in [4.69, 9.17) is 9.47 Å². The maximum Gasteiger partial charge on any atom is 0.273 e. The fraction of sp³-hybridized carbons (Fsp3) is 0.429. The van der Waals surface area contributed by atoms with Crippen molar-refractivity contribution in [2.75, 3.05) is 20.3 Å². The average Bonchev–Trinajstić information content (AvgIpc) is 2.42. The monoisotopic (exact) mass is 280 g/mol. The zero-order valence-corrected chi connectivity index (χ0v) is 12.0. The molecule has 0 aliphatic rings. The Labute approximate surface area is 118 Å². The molecule has 0 aromatic heterocycles. The van der Waals surface area contributed by atoms with E-state index in [1.165, 1.54) is 25.3 Å². The van der Waals surface area contributed by atoms with Crippen LogP contribution in [-0.4, -0.2) is 31.2 Å². The van der Waals surface area contributed by atoms with Gasteiger partial charge in [0.25, 0.3) is 5.69 Å². The number of non-ortho nitro benzene ring substituents is 1. The normalized spacial score (nSPS) is 10.4. The highest BCUT2D eigenvalue weighted by atomic mass is 16.6. The van der Waals surface area contributed by atoms with Crippen LogP contribution in [0.4, 0.5) is 5.69 Å². The number of hydrogen-bond donors (Lipinski definition) is 1. The Balaban J connectivity index is 2.68. The van der Waals surface area contributed by atoms with Gasteiger partial charge in [-0.05, 0) is 11.6 Å². The summed E-state index contributed by atoms with van der Waals surface area (Å²) < 4.78 is 10.7. The lowest BCUT2D eigenvalue weighted by Gasteiger charge is -2.13. The number of nitrogens with one attached hydrogen (secondary N) is 1. The van der Waals surface area contributed by atoms with Crippen LogP contribution >= 0.6 is 0 Å². The Hall–Kier alpha value is -2.08. The highest BCUT2D eigenvalue weighted by Crippen LogP contribution is 2.31. The van der Waals surface area contributed by atoms with Gasteiger partial charge in [-0.3, -0.25) is 10.1 Å². The number of nitro benzene ring substituents is 1. The summed E-state index contributed by atoms with van der Waals surface area (Å²) in [6.07, 6.45) is 0. The van der Waals surface area contributed by atoms with Crippen molar-refractivity contribution < 1.29 is 14.4 Å². The molecule has 6 heteroatoms. The lowest BCUT2D eigenvalue weighted by molar-refractivity contribution is -0.385. The molecule has 0 fully saturated rings. The van der Waals surface area contributed by atoms with E-state index >= 15 is 0 Å². The predicted molar refractivity (Wildman–Crippen MR) is 77.4 cm³/mol. The zero-order chi connectivity index (χ0) is 15.1. The van der Waals surface area contributed by atoms with Crippen LogP contribution in [0.15, 0.2) is 30.4 Å². The average molecular weight is 280 g/mol. The van der Waals surface area contributed by atoms with Crippen molar-refractivity contribution in [3.05, 3.63) is 40.5 Å². The second-order valence-electron chi connectivity index (χ2n) is 4.67. The van der Waals surface area contributed by atoms with Crippen LogP contribution in [0.2, 0.25) is 0 Å². The molecule has 0 bridgehead atoms. The first kappa shape index (κ1) is 16.0. The van der Waals surface area contributed by atoms with Crippen LogP contribution in [-0.2, 0) is 0 Å². The van der Waals surface area contributed by atoms with E-state index in [1.807, 2.05) is 13.8 Å². The topological polar surface area (TPSA) is 73.6 Å². The van der Waals surface area contributed by atoms with E-state index in [9.17, 15) is 10.1 Å². The highest BCUT2D eigenvalue weighted by Gasteiger charge is 2.12. The molecule has 1 aromatic rings. The summed E-state index contributed by atoms with van der Waals surface area (Å²) in [5.74, 6) is 0.799. The van der Waals surface area contributed by atoms with Crippen LogP contribution in [0, 0.1) is 10.1 Å². The van der Waals surface area contributed by atoms with E-state index in [1.54, 1.807) is 0 Å². The third kappa shape index (κ3) is 4.89. The van der Waals surface area contributed by atoms with E-state index < -0.39 is 4.92 Å². The number of ether oxygens (including phenoxy) is 2. The van der Waals surface area contributed by atoms with Gasteiger partial charge in [0, 0.05) is 18.7 Å². The summed E-state index contributed by atoms with van der Waals surface area (Å²) >= 11 is 0. The maximum absolute atomic E-state index is 10.7. The standard InChI is InChI=1S/C14H20N2O4/c1-10(2)15-8-11(3)9-20-14-7-12(16(17)18)5-6-13(14)19-4/h5-7,10,15H,3,8-9H2,1-2,4H3. The fourth-order valence-electron chi connectivity index (χ4n) is 1.47. The number of benzene rings is 1. The SMILES string of the molecule is C=C(CNC(C)C)COc1cc([N+](=O)[O-])ccc1OC. The molecule has 0 aliphatic heterocycles. The Morgan fingerprint density at radius 2 is 2.15 bits per heavy atom. The number of methoxy groups -OCH3 is 1. The lowest BCUT2D eigenvalue weighted by atomic mass is 10.2. The van der Waals surface area contributed by atoms with Gasteiger partial charge in [0.2, 0.25) is 0 Å². The predicted octanol–water partition coefficient (Wildman–Crippen LogP) is 2.54. The van der Waals surface area contributed by atoms with Crippen molar-refractivity contribution in [2.45, 2.75) is 19.9 Å². The van der Waals surface area contributed by atoms with Crippen molar-refractivity contribution >= 4 is 5.69 Å². The summed E-state index contributed by atoms with van der Waals surface area (Å²) in [6.45, 7) is 8.88. The molecule has 1 aromatic carbocycles. The van der Waals surface area contributed by atoms with Crippen molar-refractivity contribution in [3.63, 3.8) is 0 Å². The molecule has 0 atom stereocenters. The van der Waals surface area contributed by atoms with Gasteiger partial charge in [0.05, 0.1) is 18.1 Å². The van der Waals surface area contributed by atoms with E-state index in [0.717, 1.165) is 5.57 Å². The van der Waals surface area contributed by atoms with Gasteiger partial charge in [-0.1, -0.05) is 20.4 Å². The molecule has 0 saturated heterocycles. The summed E-state index contributed by atoms with van der Waals surface area (Å²) in [5.41, 5.74) is 0.818. The Kier molecular flexibility index (Phi) is 5.99. The van der Waals surface area contributed by atoms with Gasteiger partial charge in [0.15, 0.2) is 11.5 Å². The van der Waals surface area contributed by atoms with Gasteiger partial charge < -0.3 is 14.8 Å². The molecule has 0 aliphatic carbocycles. The first-order valence-electron chi connectivity index (χ1n) is 6.29. The van der Waals surface area contributed by atoms with Gasteiger partial charge in [-0.15, -0.1) is 0 Å². The molecular formula is C14H20N2O4. The number of hydrogen-bond acceptors (Lipinski definition) is 5. The third-order valence-electron chi connectivity index (χ3n) is 2.55. The number of nitro groups is 1. The lowest BCUT2D eigenvalue weighted by Crippen LogP contribution is -2.26. The molecule has 0 unspecified atom stereocenters. The molecule has 0 radical (unpaired) electrons. The van der Waals surface area contributed by atoms with Crippen LogP contribution in [0.5, 0.6) is 11.5 Å². The summed E-state index contributed by atoms with van der Waals surface area (Å²) in [4.78, 5) is 10.3. The molecule has 1 N–H and O–H groups in total. The van der Waals surface area contributed by atoms with Gasteiger partial charge in [-0.25, -0.2) is 0 Å². The van der Waals surface area contributed by atoms with Crippen molar-refractivity contribution in [1.82, 2.24) is 5.32 Å². The maximum atomic E-state index is 10.7. The van der Waals surface area contributed by atoms with E-state index in [0.29, 0.717) is 24.1 Å². The Bertz CT molecular complexity index is 486. The molecular weight excluding hydrogens is 260 g/mol. The minimum atomic E-state index is -0.471. The smallest absolute Gasteiger partial charge is 0.273 e. The molecule has 0 spiro atoms. The first-order valence-corrected chi connectivity index (χ1v) is 6.29. The Morgan fingerprint density at radius 1 is 1.45 bits per heavy atom. The number of rotatable bonds is 8. The molecule has 20 heavy (non-hydrogen) atoms. The highest BCUT2D eigenvalue weighted by molar-refractivity contribution is 5.48. The van der Waals surface area contributed by atoms with Crippen molar-refractivity contribution in [1.29, 1.82) is 0 Å². The molecule has 0 saturated carbocycles. The third-order valence-corrected chi connectivity index (χ3v) is 2.55. The minimum absolute atomic E-state index is 0.0354. The van der Waals surface area contributed by atoms with E-state index in [-0.39, 0.29) is 12.3 Å². The van der Waals surface area contributed by atoms with Gasteiger partial charge >= 0.3 is 0 Å². The Morgan fingerprint density at radius 3 is 2.70 bits per heavy atom. The zero-order valence-electron chi connectivity index (χ0n) is 12.0. The van der Waals surface area contributed by atoms with Gasteiger partial charge in [-0.2, -0.15) is 0 Å². The second-order valence-corrected chi connectivity index (χ2v) is 4.67. The van der Waals surface area contributed by atoms with Crippen LogP contribution in [0.1, 0.15) is 13.8 Å². The second kappa shape index (κ2) is 7.49. The first-order chi connectivity index (χ1) is 9.43. The number of nitrogens with zero attached hydrogens (tertiary/aromatic N) is 1. The molecule has 1 rings (SSSR count). The largest absolute Gasteiger partial charge is 0.493 e. The fourth-order valence-corrected chi connectivity index (χ4v) is 1.47. The molecule has 0 amide bonds. The van der Waals surface area contributed by atoms with Gasteiger partial charge in [0.1, 0.15) is 6.61 Å². The van der Waals surface area contributed by atoms with Crippen LogP contribution < -0.4 is 14.8 Å². The minimum Gasteiger partial charge on any atom is -0.493 e. The quantitative estimate of drug-likeness (QED) is 0.450. The molecule has 0 heterocycles. The summed E-state index contributed by atoms with van der Waals surface area (Å²) in [6, 6.07) is 4.60. The summed E-state index contributed by atoms with van der Waals surface area (Å²) in [7, 11) is 1.49. The molecule has 110 valence electrons. The van der Waals surface area contributed by atoms with Crippen LogP contribution in [0.25, 0.3) is 0 Å². The molecule has 6 nitrogen and oxygen atoms in total. The van der Waals surface area contributed by atoms with Crippen molar-refractivity contribution in [2.24, 2.45) is 0 Å².